The van der Waals surface area contributed by atoms with E-state index in [1.807, 2.05) is 0 Å². The maximum Gasteiger partial charge on any atom is 0.154 e. The van der Waals surface area contributed by atoms with E-state index in [9.17, 15) is 18.3 Å². The van der Waals surface area contributed by atoms with Crippen molar-refractivity contribution in [3.63, 3.8) is 0 Å². The Labute approximate surface area is 120 Å². The smallest absolute Gasteiger partial charge is 0.154 e. The highest BCUT2D eigenvalue weighted by Gasteiger charge is 2.46. The number of hydrogen-bond donors (Lipinski definition) is 1. The zero-order valence-corrected chi connectivity index (χ0v) is 12.5. The topological polar surface area (TPSA) is 74.7 Å². The number of Topliss-reactive ketones (excluding diaryl/α,β-unsaturated/α-hetero) is 1. The molecule has 0 spiro atoms. The predicted octanol–water partition coefficient (Wildman–Crippen LogP) is 0.368. The van der Waals surface area contributed by atoms with Crippen molar-refractivity contribution in [2.24, 2.45) is 5.92 Å². The van der Waals surface area contributed by atoms with Gasteiger partial charge >= 0.3 is 0 Å². The van der Waals surface area contributed by atoms with Crippen LogP contribution < -0.4 is 0 Å². The van der Waals surface area contributed by atoms with Crippen LogP contribution in [0.1, 0.15) is 38.5 Å². The van der Waals surface area contributed by atoms with Crippen molar-refractivity contribution in [2.75, 3.05) is 18.1 Å². The number of rotatable bonds is 2. The second-order valence-electron chi connectivity index (χ2n) is 6.48. The van der Waals surface area contributed by atoms with E-state index in [0.717, 1.165) is 38.6 Å². The van der Waals surface area contributed by atoms with Gasteiger partial charge in [-0.15, -0.1) is 0 Å². The van der Waals surface area contributed by atoms with Crippen molar-refractivity contribution in [3.05, 3.63) is 0 Å². The van der Waals surface area contributed by atoms with Crippen molar-refractivity contribution in [2.45, 2.75) is 56.7 Å². The molecule has 5 nitrogen and oxygen atoms in total. The largest absolute Gasteiger partial charge is 0.390 e. The van der Waals surface area contributed by atoms with E-state index in [0.29, 0.717) is 12.2 Å². The molecule has 6 heteroatoms. The molecule has 0 aromatic heterocycles. The Morgan fingerprint density at radius 1 is 1.05 bits per heavy atom. The third-order valence-electron chi connectivity index (χ3n) is 5.13. The molecule has 0 amide bonds. The lowest BCUT2D eigenvalue weighted by Crippen LogP contribution is -2.50. The first kappa shape index (κ1) is 14.5. The van der Waals surface area contributed by atoms with E-state index in [4.69, 9.17) is 0 Å². The summed E-state index contributed by atoms with van der Waals surface area (Å²) in [7, 11) is -3.13. The van der Waals surface area contributed by atoms with Crippen LogP contribution in [0.5, 0.6) is 0 Å². The molecule has 0 bridgehead atoms. The summed E-state index contributed by atoms with van der Waals surface area (Å²) in [4.78, 5) is 14.3. The van der Waals surface area contributed by atoms with E-state index in [2.05, 4.69) is 4.90 Å². The van der Waals surface area contributed by atoms with Gasteiger partial charge in [-0.05, 0) is 32.2 Å². The quantitative estimate of drug-likeness (QED) is 0.797. The zero-order chi connectivity index (χ0) is 14.3. The maximum absolute atomic E-state index is 12.1. The number of carbonyl (C=O) groups is 1. The number of hydrogen-bond acceptors (Lipinski definition) is 5. The molecule has 2 aliphatic heterocycles. The minimum Gasteiger partial charge on any atom is -0.390 e. The van der Waals surface area contributed by atoms with Gasteiger partial charge in [-0.25, -0.2) is 8.42 Å². The van der Waals surface area contributed by atoms with E-state index in [-0.39, 0.29) is 29.5 Å². The maximum atomic E-state index is 12.1. The van der Waals surface area contributed by atoms with Gasteiger partial charge in [-0.1, -0.05) is 6.42 Å². The Morgan fingerprint density at radius 3 is 2.50 bits per heavy atom. The van der Waals surface area contributed by atoms with Gasteiger partial charge in [-0.3, -0.25) is 9.69 Å². The fraction of sp³-hybridized carbons (Fsp3) is 0.929. The first-order chi connectivity index (χ1) is 9.48. The molecule has 114 valence electrons. The van der Waals surface area contributed by atoms with Crippen molar-refractivity contribution >= 4 is 15.6 Å². The molecular weight excluding hydrogens is 278 g/mol. The summed E-state index contributed by atoms with van der Waals surface area (Å²) in [6, 6.07) is -0.155. The number of aliphatic hydroxyl groups is 1. The lowest BCUT2D eigenvalue weighted by Gasteiger charge is -2.37. The number of likely N-dealkylation sites (tertiary alicyclic amines) is 1. The molecule has 0 aromatic carbocycles. The summed E-state index contributed by atoms with van der Waals surface area (Å²) >= 11 is 0. The number of nitrogens with zero attached hydrogens (tertiary/aromatic N) is 1. The summed E-state index contributed by atoms with van der Waals surface area (Å²) in [6.45, 7) is 0.811. The Morgan fingerprint density at radius 2 is 1.85 bits per heavy atom. The van der Waals surface area contributed by atoms with Crippen LogP contribution in [0, 0.1) is 5.92 Å². The SMILES string of the molecule is O=C1CCCCC1C1CCCN1C1CS(=O)(=O)CC1O. The second-order valence-corrected chi connectivity index (χ2v) is 8.63. The molecule has 2 heterocycles. The lowest BCUT2D eigenvalue weighted by atomic mass is 9.81. The van der Waals surface area contributed by atoms with Crippen molar-refractivity contribution in [1.29, 1.82) is 0 Å². The minimum absolute atomic E-state index is 0.0472. The van der Waals surface area contributed by atoms with E-state index >= 15 is 0 Å². The van der Waals surface area contributed by atoms with Crippen LogP contribution in [0.15, 0.2) is 0 Å². The van der Waals surface area contributed by atoms with E-state index < -0.39 is 15.9 Å². The Hall–Kier alpha value is -0.460. The van der Waals surface area contributed by atoms with Gasteiger partial charge in [0.1, 0.15) is 5.78 Å². The molecule has 20 heavy (non-hydrogen) atoms. The molecule has 4 unspecified atom stereocenters. The minimum atomic E-state index is -3.13. The Kier molecular flexibility index (Phi) is 3.90. The summed E-state index contributed by atoms with van der Waals surface area (Å²) < 4.78 is 23.4. The first-order valence-corrected chi connectivity index (χ1v) is 9.47. The van der Waals surface area contributed by atoms with E-state index in [1.165, 1.54) is 0 Å². The van der Waals surface area contributed by atoms with Crippen LogP contribution >= 0.6 is 0 Å². The molecule has 3 fully saturated rings. The molecule has 4 atom stereocenters. The van der Waals surface area contributed by atoms with Crippen molar-refractivity contribution in [1.82, 2.24) is 4.90 Å². The molecule has 2 saturated heterocycles. The third kappa shape index (κ3) is 2.65. The van der Waals surface area contributed by atoms with Crippen LogP contribution in [0.3, 0.4) is 0 Å². The number of carbonyl (C=O) groups excluding carboxylic acids is 1. The van der Waals surface area contributed by atoms with Gasteiger partial charge in [0.15, 0.2) is 9.84 Å². The molecule has 1 N–H and O–H groups in total. The van der Waals surface area contributed by atoms with Gasteiger partial charge < -0.3 is 5.11 Å². The highest BCUT2D eigenvalue weighted by molar-refractivity contribution is 7.91. The molecule has 3 aliphatic rings. The summed E-state index contributed by atoms with van der Waals surface area (Å²) in [5.74, 6) is 0.315. The first-order valence-electron chi connectivity index (χ1n) is 7.65. The van der Waals surface area contributed by atoms with Crippen molar-refractivity contribution in [3.8, 4) is 0 Å². The fourth-order valence-corrected chi connectivity index (χ4v) is 6.02. The fourth-order valence-electron chi connectivity index (χ4n) is 4.20. The molecule has 0 radical (unpaired) electrons. The van der Waals surface area contributed by atoms with Crippen molar-refractivity contribution < 1.29 is 18.3 Å². The summed E-state index contributed by atoms with van der Waals surface area (Å²) in [6.07, 6.45) is 4.83. The van der Waals surface area contributed by atoms with Crippen LogP contribution in [-0.4, -0.2) is 60.4 Å². The van der Waals surface area contributed by atoms with E-state index in [1.54, 1.807) is 0 Å². The lowest BCUT2D eigenvalue weighted by molar-refractivity contribution is -0.127. The highest BCUT2D eigenvalue weighted by Crippen LogP contribution is 2.35. The van der Waals surface area contributed by atoms with Gasteiger partial charge in [-0.2, -0.15) is 0 Å². The standard InChI is InChI=1S/C14H23NO4S/c16-13-6-2-1-4-10(13)11-5-3-7-15(11)12-8-20(18,19)9-14(12)17/h10-12,14,17H,1-9H2. The van der Waals surface area contributed by atoms with Crippen LogP contribution in [0.2, 0.25) is 0 Å². The predicted molar refractivity (Wildman–Crippen MR) is 75.1 cm³/mol. The normalized spacial score (nSPS) is 42.1. The number of aliphatic hydroxyl groups excluding tert-OH is 1. The van der Waals surface area contributed by atoms with Crippen LogP contribution in [-0.2, 0) is 14.6 Å². The second kappa shape index (κ2) is 5.39. The molecule has 3 rings (SSSR count). The summed E-state index contributed by atoms with van der Waals surface area (Å²) in [5, 5.41) is 10.1. The average molecular weight is 301 g/mol. The van der Waals surface area contributed by atoms with Gasteiger partial charge in [0.05, 0.1) is 23.7 Å². The number of sulfone groups is 1. The Balaban J connectivity index is 1.77. The zero-order valence-electron chi connectivity index (χ0n) is 11.7. The van der Waals surface area contributed by atoms with Crippen LogP contribution in [0.25, 0.3) is 0 Å². The monoisotopic (exact) mass is 301 g/mol. The average Bonchev–Trinajstić information content (AvgIpc) is 2.94. The highest BCUT2D eigenvalue weighted by atomic mass is 32.2. The molecule has 1 saturated carbocycles. The molecule has 0 aromatic rings. The van der Waals surface area contributed by atoms with Gasteiger partial charge in [0, 0.05) is 18.4 Å². The molecular formula is C14H23NO4S. The number of ketones is 1. The summed E-state index contributed by atoms with van der Waals surface area (Å²) in [5.41, 5.74) is 0. The van der Waals surface area contributed by atoms with Crippen LogP contribution in [0.4, 0.5) is 0 Å². The molecule has 1 aliphatic carbocycles. The van der Waals surface area contributed by atoms with Gasteiger partial charge in [0.25, 0.3) is 0 Å². The van der Waals surface area contributed by atoms with Gasteiger partial charge in [0.2, 0.25) is 0 Å². The Bertz CT molecular complexity index is 489. The third-order valence-corrected chi connectivity index (χ3v) is 6.83.